The number of rotatable bonds is 2. The molecule has 2 nitrogen and oxygen atoms in total. The molecular weight excluding hydrogens is 174 g/mol. The second-order valence-electron chi connectivity index (χ2n) is 4.80. The first-order valence-corrected chi connectivity index (χ1v) is 5.49. The third-order valence-electron chi connectivity index (χ3n) is 3.29. The van der Waals surface area contributed by atoms with E-state index >= 15 is 0 Å². The van der Waals surface area contributed by atoms with Gasteiger partial charge >= 0.3 is 0 Å². The molecule has 0 bridgehead atoms. The van der Waals surface area contributed by atoms with Crippen molar-refractivity contribution in [1.29, 1.82) is 0 Å². The van der Waals surface area contributed by atoms with Crippen LogP contribution in [0.1, 0.15) is 34.6 Å². The number of nitrogens with two attached hydrogens (primary N) is 1. The van der Waals surface area contributed by atoms with Crippen molar-refractivity contribution in [2.24, 2.45) is 17.6 Å². The molecule has 1 aliphatic rings. The summed E-state index contributed by atoms with van der Waals surface area (Å²) in [6.07, 6.45) is 2.77. The monoisotopic (exact) mass is 197 g/mol. The summed E-state index contributed by atoms with van der Waals surface area (Å²) in [5, 5.41) is 0. The lowest BCUT2D eigenvalue weighted by Crippen LogP contribution is -2.36. The molecule has 0 aliphatic carbocycles. The van der Waals surface area contributed by atoms with E-state index in [1.54, 1.807) is 0 Å². The lowest BCUT2D eigenvalue weighted by atomic mass is 9.83. The lowest BCUT2D eigenvalue weighted by Gasteiger charge is -2.23. The highest BCUT2D eigenvalue weighted by Crippen LogP contribution is 2.34. The van der Waals surface area contributed by atoms with Crippen LogP contribution in [0.25, 0.3) is 0 Å². The first kappa shape index (κ1) is 11.7. The molecule has 1 saturated heterocycles. The molecule has 0 aromatic heterocycles. The summed E-state index contributed by atoms with van der Waals surface area (Å²) in [4.78, 5) is 0. The van der Waals surface area contributed by atoms with Gasteiger partial charge < -0.3 is 10.5 Å². The third-order valence-corrected chi connectivity index (χ3v) is 3.29. The van der Waals surface area contributed by atoms with Crippen LogP contribution in [0, 0.1) is 11.8 Å². The predicted octanol–water partition coefficient (Wildman–Crippen LogP) is 2.34. The van der Waals surface area contributed by atoms with Gasteiger partial charge in [-0.3, -0.25) is 0 Å². The van der Waals surface area contributed by atoms with Gasteiger partial charge in [0.2, 0.25) is 0 Å². The molecule has 0 aromatic rings. The fourth-order valence-corrected chi connectivity index (χ4v) is 2.45. The van der Waals surface area contributed by atoms with Gasteiger partial charge in [0, 0.05) is 12.0 Å². The highest BCUT2D eigenvalue weighted by atomic mass is 16.5. The summed E-state index contributed by atoms with van der Waals surface area (Å²) >= 11 is 0. The van der Waals surface area contributed by atoms with E-state index in [2.05, 4.69) is 40.7 Å². The molecule has 2 N–H and O–H groups in total. The molecule has 1 rings (SSSR count). The van der Waals surface area contributed by atoms with Gasteiger partial charge in [0.15, 0.2) is 0 Å². The van der Waals surface area contributed by atoms with Gasteiger partial charge in [0.25, 0.3) is 0 Å². The summed E-state index contributed by atoms with van der Waals surface area (Å²) in [5.74, 6) is 1.01. The topological polar surface area (TPSA) is 35.2 Å². The Morgan fingerprint density at radius 1 is 1.21 bits per heavy atom. The average molecular weight is 197 g/mol. The van der Waals surface area contributed by atoms with Gasteiger partial charge in [0.1, 0.15) is 0 Å². The summed E-state index contributed by atoms with van der Waals surface area (Å²) < 4.78 is 5.78. The van der Waals surface area contributed by atoms with Gasteiger partial charge in [-0.15, -0.1) is 0 Å². The minimum atomic E-state index is 0.134. The maximum atomic E-state index is 6.17. The normalized spacial score (nSPS) is 39.6. The quantitative estimate of drug-likeness (QED) is 0.690. The highest BCUT2D eigenvalue weighted by molar-refractivity contribution is 5.05. The SMILES string of the molecule is CC(C)=CC(N)C1C(C)OC(C)C1C. The van der Waals surface area contributed by atoms with E-state index in [1.165, 1.54) is 5.57 Å². The molecule has 0 saturated carbocycles. The van der Waals surface area contributed by atoms with Crippen LogP contribution < -0.4 is 5.73 Å². The van der Waals surface area contributed by atoms with Gasteiger partial charge in [0.05, 0.1) is 12.2 Å². The molecule has 82 valence electrons. The zero-order chi connectivity index (χ0) is 10.9. The Morgan fingerprint density at radius 2 is 1.79 bits per heavy atom. The van der Waals surface area contributed by atoms with Gasteiger partial charge in [-0.25, -0.2) is 0 Å². The van der Waals surface area contributed by atoms with Crippen molar-refractivity contribution in [3.05, 3.63) is 11.6 Å². The first-order chi connectivity index (χ1) is 6.43. The van der Waals surface area contributed by atoms with E-state index in [-0.39, 0.29) is 12.1 Å². The Hall–Kier alpha value is -0.340. The van der Waals surface area contributed by atoms with E-state index in [4.69, 9.17) is 10.5 Å². The smallest absolute Gasteiger partial charge is 0.0600 e. The molecule has 1 heterocycles. The standard InChI is InChI=1S/C12H23NO/c1-7(2)6-11(13)12-8(3)9(4)14-10(12)5/h6,8-12H,13H2,1-5H3. The molecule has 0 spiro atoms. The molecule has 0 aromatic carbocycles. The van der Waals surface area contributed by atoms with Crippen LogP contribution in [-0.2, 0) is 4.74 Å². The number of hydrogen-bond donors (Lipinski definition) is 1. The van der Waals surface area contributed by atoms with Crippen molar-refractivity contribution in [3.8, 4) is 0 Å². The number of allylic oxidation sites excluding steroid dienone is 1. The average Bonchev–Trinajstić information content (AvgIpc) is 2.25. The minimum Gasteiger partial charge on any atom is -0.375 e. The van der Waals surface area contributed by atoms with Crippen molar-refractivity contribution < 1.29 is 4.74 Å². The number of hydrogen-bond acceptors (Lipinski definition) is 2. The minimum absolute atomic E-state index is 0.134. The van der Waals surface area contributed by atoms with Gasteiger partial charge in [-0.2, -0.15) is 0 Å². The van der Waals surface area contributed by atoms with Crippen LogP contribution in [0.2, 0.25) is 0 Å². The van der Waals surface area contributed by atoms with E-state index in [0.717, 1.165) is 0 Å². The van der Waals surface area contributed by atoms with Crippen molar-refractivity contribution in [2.75, 3.05) is 0 Å². The summed E-state index contributed by atoms with van der Waals surface area (Å²) in [7, 11) is 0. The Labute approximate surface area is 87.5 Å². The third kappa shape index (κ3) is 2.37. The van der Waals surface area contributed by atoms with Crippen molar-refractivity contribution in [2.45, 2.75) is 52.9 Å². The fraction of sp³-hybridized carbons (Fsp3) is 0.833. The van der Waals surface area contributed by atoms with Gasteiger partial charge in [-0.1, -0.05) is 18.6 Å². The zero-order valence-electron chi connectivity index (χ0n) is 9.95. The van der Waals surface area contributed by atoms with Gasteiger partial charge in [-0.05, 0) is 33.6 Å². The predicted molar refractivity (Wildman–Crippen MR) is 60.1 cm³/mol. The lowest BCUT2D eigenvalue weighted by molar-refractivity contribution is 0.0502. The van der Waals surface area contributed by atoms with Crippen molar-refractivity contribution in [3.63, 3.8) is 0 Å². The van der Waals surface area contributed by atoms with E-state index < -0.39 is 0 Å². The van der Waals surface area contributed by atoms with E-state index in [0.29, 0.717) is 17.9 Å². The van der Waals surface area contributed by atoms with Crippen LogP contribution in [-0.4, -0.2) is 18.2 Å². The molecule has 1 fully saturated rings. The Morgan fingerprint density at radius 3 is 2.14 bits per heavy atom. The zero-order valence-corrected chi connectivity index (χ0v) is 9.95. The van der Waals surface area contributed by atoms with Crippen molar-refractivity contribution in [1.82, 2.24) is 0 Å². The molecule has 14 heavy (non-hydrogen) atoms. The number of ether oxygens (including phenoxy) is 1. The Balaban J connectivity index is 2.72. The maximum absolute atomic E-state index is 6.17. The Bertz CT molecular complexity index is 220. The van der Waals surface area contributed by atoms with E-state index in [1.807, 2.05) is 0 Å². The largest absolute Gasteiger partial charge is 0.375 e. The maximum Gasteiger partial charge on any atom is 0.0600 e. The molecule has 5 unspecified atom stereocenters. The summed E-state index contributed by atoms with van der Waals surface area (Å²) in [6.45, 7) is 10.7. The first-order valence-electron chi connectivity index (χ1n) is 5.49. The molecule has 0 amide bonds. The second-order valence-corrected chi connectivity index (χ2v) is 4.80. The molecular formula is C12H23NO. The van der Waals surface area contributed by atoms with Crippen LogP contribution in [0.15, 0.2) is 11.6 Å². The molecule has 2 heteroatoms. The molecule has 0 radical (unpaired) electrons. The highest BCUT2D eigenvalue weighted by Gasteiger charge is 2.39. The van der Waals surface area contributed by atoms with Crippen LogP contribution >= 0.6 is 0 Å². The second kappa shape index (κ2) is 4.45. The summed E-state index contributed by atoms with van der Waals surface area (Å²) in [5.41, 5.74) is 7.45. The fourth-order valence-electron chi connectivity index (χ4n) is 2.45. The Kier molecular flexibility index (Phi) is 3.73. The summed E-state index contributed by atoms with van der Waals surface area (Å²) in [6, 6.07) is 0.134. The van der Waals surface area contributed by atoms with Crippen LogP contribution in [0.4, 0.5) is 0 Å². The van der Waals surface area contributed by atoms with Crippen LogP contribution in [0.3, 0.4) is 0 Å². The van der Waals surface area contributed by atoms with Crippen LogP contribution in [0.5, 0.6) is 0 Å². The molecule has 1 aliphatic heterocycles. The molecule has 5 atom stereocenters. The van der Waals surface area contributed by atoms with E-state index in [9.17, 15) is 0 Å². The van der Waals surface area contributed by atoms with Crippen molar-refractivity contribution >= 4 is 0 Å².